The van der Waals surface area contributed by atoms with Crippen LogP contribution in [0.5, 0.6) is 5.75 Å². The average molecular weight is 252 g/mol. The number of likely N-dealkylation sites (tertiary alicyclic amines) is 1. The number of halogens is 1. The molecule has 0 amide bonds. The Kier molecular flexibility index (Phi) is 3.01. The van der Waals surface area contributed by atoms with Crippen molar-refractivity contribution in [2.24, 2.45) is 11.8 Å². The second-order valence-electron chi connectivity index (χ2n) is 5.42. The summed E-state index contributed by atoms with van der Waals surface area (Å²) >= 11 is 5.97. The maximum atomic E-state index is 9.81. The first kappa shape index (κ1) is 11.4. The van der Waals surface area contributed by atoms with Gasteiger partial charge in [0.05, 0.1) is 0 Å². The van der Waals surface area contributed by atoms with E-state index in [4.69, 9.17) is 11.6 Å². The summed E-state index contributed by atoms with van der Waals surface area (Å²) in [6, 6.07) is 5.30. The Hall–Kier alpha value is -0.730. The van der Waals surface area contributed by atoms with Crippen molar-refractivity contribution in [1.82, 2.24) is 4.90 Å². The minimum atomic E-state index is 0.367. The summed E-state index contributed by atoms with van der Waals surface area (Å²) in [7, 11) is 0. The van der Waals surface area contributed by atoms with E-state index in [-0.39, 0.29) is 0 Å². The van der Waals surface area contributed by atoms with Gasteiger partial charge in [0.25, 0.3) is 0 Å². The van der Waals surface area contributed by atoms with E-state index in [9.17, 15) is 5.11 Å². The highest BCUT2D eigenvalue weighted by molar-refractivity contribution is 6.30. The van der Waals surface area contributed by atoms with Crippen LogP contribution in [-0.2, 0) is 6.54 Å². The van der Waals surface area contributed by atoms with Crippen molar-refractivity contribution in [2.75, 3.05) is 13.1 Å². The minimum Gasteiger partial charge on any atom is -0.508 e. The van der Waals surface area contributed by atoms with E-state index in [0.717, 1.165) is 23.9 Å². The fraction of sp³-hybridized carbons (Fsp3) is 0.571. The first-order valence-electron chi connectivity index (χ1n) is 6.42. The third-order valence-corrected chi connectivity index (χ3v) is 4.47. The molecular formula is C14H18ClNO. The quantitative estimate of drug-likeness (QED) is 0.872. The van der Waals surface area contributed by atoms with Gasteiger partial charge in [-0.1, -0.05) is 18.0 Å². The highest BCUT2D eigenvalue weighted by atomic mass is 35.5. The fourth-order valence-electron chi connectivity index (χ4n) is 3.38. The van der Waals surface area contributed by atoms with Gasteiger partial charge in [0.15, 0.2) is 0 Å². The lowest BCUT2D eigenvalue weighted by Gasteiger charge is -2.17. The molecule has 2 aliphatic rings. The van der Waals surface area contributed by atoms with Crippen LogP contribution in [0.2, 0.25) is 5.02 Å². The van der Waals surface area contributed by atoms with Crippen LogP contribution in [0.4, 0.5) is 0 Å². The zero-order valence-corrected chi connectivity index (χ0v) is 10.7. The predicted molar refractivity (Wildman–Crippen MR) is 69.2 cm³/mol. The molecule has 1 aliphatic heterocycles. The van der Waals surface area contributed by atoms with Crippen LogP contribution in [0, 0.1) is 11.8 Å². The zero-order valence-electron chi connectivity index (χ0n) is 9.90. The van der Waals surface area contributed by atoms with Crippen molar-refractivity contribution in [3.8, 4) is 5.75 Å². The average Bonchev–Trinajstić information content (AvgIpc) is 2.83. The lowest BCUT2D eigenvalue weighted by Crippen LogP contribution is -2.21. The Balaban J connectivity index is 1.69. The molecule has 1 aliphatic carbocycles. The lowest BCUT2D eigenvalue weighted by atomic mass is 10.0. The van der Waals surface area contributed by atoms with Crippen molar-refractivity contribution >= 4 is 11.6 Å². The SMILES string of the molecule is Oc1ccc(Cl)cc1CN1CC2CCCC2C1. The molecule has 0 bridgehead atoms. The van der Waals surface area contributed by atoms with Gasteiger partial charge in [0.1, 0.15) is 5.75 Å². The molecule has 3 heteroatoms. The smallest absolute Gasteiger partial charge is 0.120 e. The summed E-state index contributed by atoms with van der Waals surface area (Å²) in [5, 5.41) is 10.5. The van der Waals surface area contributed by atoms with E-state index < -0.39 is 0 Å². The Morgan fingerprint density at radius 2 is 1.94 bits per heavy atom. The molecule has 92 valence electrons. The Morgan fingerprint density at radius 1 is 1.24 bits per heavy atom. The summed E-state index contributed by atoms with van der Waals surface area (Å²) in [6.07, 6.45) is 4.19. The molecule has 1 N–H and O–H groups in total. The number of benzene rings is 1. The van der Waals surface area contributed by atoms with Crippen molar-refractivity contribution in [3.05, 3.63) is 28.8 Å². The maximum absolute atomic E-state index is 9.81. The number of hydrogen-bond acceptors (Lipinski definition) is 2. The Bertz CT molecular complexity index is 409. The number of fused-ring (bicyclic) bond motifs is 1. The number of nitrogens with zero attached hydrogens (tertiary/aromatic N) is 1. The Morgan fingerprint density at radius 3 is 2.65 bits per heavy atom. The molecule has 0 spiro atoms. The fourth-order valence-corrected chi connectivity index (χ4v) is 3.58. The number of aromatic hydroxyl groups is 1. The largest absolute Gasteiger partial charge is 0.508 e. The van der Waals surface area contributed by atoms with Crippen LogP contribution >= 0.6 is 11.6 Å². The second-order valence-corrected chi connectivity index (χ2v) is 5.85. The standard InChI is InChI=1S/C14H18ClNO/c15-13-4-5-14(17)12(6-13)9-16-7-10-2-1-3-11(10)8-16/h4-6,10-11,17H,1-3,7-9H2. The monoisotopic (exact) mass is 251 g/mol. The number of hydrogen-bond donors (Lipinski definition) is 1. The summed E-state index contributed by atoms with van der Waals surface area (Å²) in [4.78, 5) is 2.46. The molecular weight excluding hydrogens is 234 g/mol. The van der Waals surface area contributed by atoms with E-state index in [0.29, 0.717) is 10.8 Å². The maximum Gasteiger partial charge on any atom is 0.120 e. The number of phenolic OH excluding ortho intramolecular Hbond substituents is 1. The molecule has 1 aromatic rings. The van der Waals surface area contributed by atoms with E-state index in [1.54, 1.807) is 12.1 Å². The van der Waals surface area contributed by atoms with Crippen LogP contribution in [-0.4, -0.2) is 23.1 Å². The summed E-state index contributed by atoms with van der Waals surface area (Å²) in [6.45, 7) is 3.21. The van der Waals surface area contributed by atoms with E-state index in [1.165, 1.54) is 32.4 Å². The molecule has 2 nitrogen and oxygen atoms in total. The van der Waals surface area contributed by atoms with Crippen LogP contribution in [0.15, 0.2) is 18.2 Å². The van der Waals surface area contributed by atoms with Gasteiger partial charge in [-0.2, -0.15) is 0 Å². The summed E-state index contributed by atoms with van der Waals surface area (Å²) in [5.74, 6) is 2.17. The van der Waals surface area contributed by atoms with Gasteiger partial charge < -0.3 is 5.11 Å². The summed E-state index contributed by atoms with van der Waals surface area (Å²) in [5.41, 5.74) is 0.956. The molecule has 1 heterocycles. The first-order valence-corrected chi connectivity index (χ1v) is 6.80. The second kappa shape index (κ2) is 4.51. The van der Waals surface area contributed by atoms with Gasteiger partial charge in [-0.3, -0.25) is 4.90 Å². The van der Waals surface area contributed by atoms with Crippen LogP contribution in [0.25, 0.3) is 0 Å². The van der Waals surface area contributed by atoms with Gasteiger partial charge in [-0.15, -0.1) is 0 Å². The van der Waals surface area contributed by atoms with Gasteiger partial charge in [0, 0.05) is 30.2 Å². The number of rotatable bonds is 2. The van der Waals surface area contributed by atoms with Crippen molar-refractivity contribution < 1.29 is 5.11 Å². The zero-order chi connectivity index (χ0) is 11.8. The highest BCUT2D eigenvalue weighted by Crippen LogP contribution is 2.38. The van der Waals surface area contributed by atoms with Crippen molar-refractivity contribution in [3.63, 3.8) is 0 Å². The predicted octanol–water partition coefficient (Wildman–Crippen LogP) is 3.28. The normalized spacial score (nSPS) is 28.5. The molecule has 2 unspecified atom stereocenters. The third kappa shape index (κ3) is 2.29. The highest BCUT2D eigenvalue weighted by Gasteiger charge is 2.35. The molecule has 2 atom stereocenters. The van der Waals surface area contributed by atoms with Crippen molar-refractivity contribution in [1.29, 1.82) is 0 Å². The van der Waals surface area contributed by atoms with E-state index in [2.05, 4.69) is 4.90 Å². The minimum absolute atomic E-state index is 0.367. The molecule has 0 radical (unpaired) electrons. The number of phenols is 1. The van der Waals surface area contributed by atoms with E-state index >= 15 is 0 Å². The topological polar surface area (TPSA) is 23.5 Å². The lowest BCUT2D eigenvalue weighted by molar-refractivity contribution is 0.298. The van der Waals surface area contributed by atoms with Crippen molar-refractivity contribution in [2.45, 2.75) is 25.8 Å². The van der Waals surface area contributed by atoms with E-state index in [1.807, 2.05) is 6.07 Å². The molecule has 17 heavy (non-hydrogen) atoms. The van der Waals surface area contributed by atoms with Gasteiger partial charge in [-0.05, 0) is 42.9 Å². The van der Waals surface area contributed by atoms with Crippen LogP contribution in [0.1, 0.15) is 24.8 Å². The molecule has 1 aromatic carbocycles. The van der Waals surface area contributed by atoms with Gasteiger partial charge in [0.2, 0.25) is 0 Å². The summed E-state index contributed by atoms with van der Waals surface area (Å²) < 4.78 is 0. The molecule has 1 saturated carbocycles. The van der Waals surface area contributed by atoms with Gasteiger partial charge >= 0.3 is 0 Å². The van der Waals surface area contributed by atoms with Crippen LogP contribution in [0.3, 0.4) is 0 Å². The van der Waals surface area contributed by atoms with Crippen LogP contribution < -0.4 is 0 Å². The molecule has 2 fully saturated rings. The first-order chi connectivity index (χ1) is 8.22. The van der Waals surface area contributed by atoms with Gasteiger partial charge in [-0.25, -0.2) is 0 Å². The molecule has 3 rings (SSSR count). The molecule has 0 aromatic heterocycles. The Labute approximate surface area is 107 Å². The third-order valence-electron chi connectivity index (χ3n) is 4.24. The molecule has 1 saturated heterocycles.